The van der Waals surface area contributed by atoms with Crippen LogP contribution in [0.1, 0.15) is 33.6 Å². The molecule has 1 saturated heterocycles. The van der Waals surface area contributed by atoms with Crippen LogP contribution < -0.4 is 5.32 Å². The van der Waals surface area contributed by atoms with Crippen molar-refractivity contribution in [1.29, 1.82) is 0 Å². The van der Waals surface area contributed by atoms with Crippen LogP contribution >= 0.6 is 0 Å². The highest BCUT2D eigenvalue weighted by molar-refractivity contribution is 5.75. The van der Waals surface area contributed by atoms with Crippen LogP contribution in [0.4, 0.5) is 0 Å². The topological polar surface area (TPSA) is 58.6 Å². The van der Waals surface area contributed by atoms with E-state index in [1.54, 1.807) is 0 Å². The molecular weight excluding hydrogens is 194 g/mol. The van der Waals surface area contributed by atoms with Crippen molar-refractivity contribution in [1.82, 2.24) is 5.32 Å². The minimum atomic E-state index is -0.704. The van der Waals surface area contributed by atoms with Gasteiger partial charge in [0.1, 0.15) is 0 Å². The van der Waals surface area contributed by atoms with E-state index in [1.165, 1.54) is 0 Å². The number of hydrogen-bond acceptors (Lipinski definition) is 3. The summed E-state index contributed by atoms with van der Waals surface area (Å²) in [6, 6.07) is 0. The lowest BCUT2D eigenvalue weighted by atomic mass is 9.84. The quantitative estimate of drug-likeness (QED) is 0.741. The summed E-state index contributed by atoms with van der Waals surface area (Å²) in [5, 5.41) is 12.3. The maximum atomic E-state index is 11.2. The van der Waals surface area contributed by atoms with Crippen molar-refractivity contribution in [2.75, 3.05) is 19.7 Å². The first-order valence-corrected chi connectivity index (χ1v) is 5.44. The van der Waals surface area contributed by atoms with Gasteiger partial charge in [-0.15, -0.1) is 0 Å². The van der Waals surface area contributed by atoms with E-state index >= 15 is 0 Å². The van der Waals surface area contributed by atoms with Crippen LogP contribution in [0.25, 0.3) is 0 Å². The summed E-state index contributed by atoms with van der Waals surface area (Å²) >= 11 is 0. The molecule has 0 saturated carbocycles. The van der Waals surface area contributed by atoms with Crippen molar-refractivity contribution < 1.29 is 14.6 Å². The maximum absolute atomic E-state index is 11.2. The number of hydrogen-bond donors (Lipinski definition) is 2. The van der Waals surface area contributed by atoms with Crippen molar-refractivity contribution in [2.24, 2.45) is 5.41 Å². The van der Waals surface area contributed by atoms with Crippen LogP contribution in [-0.2, 0) is 9.53 Å². The molecule has 0 aromatic carbocycles. The van der Waals surface area contributed by atoms with E-state index in [2.05, 4.69) is 5.32 Å². The summed E-state index contributed by atoms with van der Waals surface area (Å²) in [5.74, 6) is -0.704. The second kappa shape index (κ2) is 4.49. The summed E-state index contributed by atoms with van der Waals surface area (Å²) in [5.41, 5.74) is -0.795. The van der Waals surface area contributed by atoms with Gasteiger partial charge in [-0.25, -0.2) is 0 Å². The molecule has 0 aliphatic carbocycles. The summed E-state index contributed by atoms with van der Waals surface area (Å²) in [4.78, 5) is 11.2. The standard InChI is InChI=1S/C11H21NO3/c1-10(2,3)15-7-5-11(9(13)14)4-6-12-8-11/h12H,4-8H2,1-3H3,(H,13,14). The average Bonchev–Trinajstić information content (AvgIpc) is 2.51. The third-order valence-corrected chi connectivity index (χ3v) is 2.81. The first-order chi connectivity index (χ1) is 6.86. The normalized spacial score (nSPS) is 26.9. The zero-order chi connectivity index (χ0) is 11.5. The average molecular weight is 215 g/mol. The van der Waals surface area contributed by atoms with E-state index in [1.807, 2.05) is 20.8 Å². The predicted octanol–water partition coefficient (Wildman–Crippen LogP) is 1.26. The van der Waals surface area contributed by atoms with Crippen LogP contribution in [0, 0.1) is 5.41 Å². The van der Waals surface area contributed by atoms with Gasteiger partial charge in [0.05, 0.1) is 11.0 Å². The smallest absolute Gasteiger partial charge is 0.311 e. The maximum Gasteiger partial charge on any atom is 0.311 e. The fourth-order valence-electron chi connectivity index (χ4n) is 1.80. The van der Waals surface area contributed by atoms with Crippen LogP contribution in [-0.4, -0.2) is 36.4 Å². The van der Waals surface area contributed by atoms with Crippen LogP contribution in [0.15, 0.2) is 0 Å². The lowest BCUT2D eigenvalue weighted by Gasteiger charge is -2.26. The molecule has 2 N–H and O–H groups in total. The van der Waals surface area contributed by atoms with Gasteiger partial charge in [0.2, 0.25) is 0 Å². The van der Waals surface area contributed by atoms with E-state index in [9.17, 15) is 9.90 Å². The van der Waals surface area contributed by atoms with Crippen molar-refractivity contribution >= 4 is 5.97 Å². The van der Waals surface area contributed by atoms with Gasteiger partial charge in [-0.3, -0.25) is 4.79 Å². The van der Waals surface area contributed by atoms with Gasteiger partial charge in [0, 0.05) is 13.2 Å². The molecule has 1 fully saturated rings. The highest BCUT2D eigenvalue weighted by Gasteiger charge is 2.41. The molecule has 0 aromatic heterocycles. The van der Waals surface area contributed by atoms with E-state index in [-0.39, 0.29) is 5.60 Å². The minimum absolute atomic E-state index is 0.189. The molecule has 0 bridgehead atoms. The molecule has 1 atom stereocenters. The predicted molar refractivity (Wildman–Crippen MR) is 57.9 cm³/mol. The molecule has 15 heavy (non-hydrogen) atoms. The highest BCUT2D eigenvalue weighted by atomic mass is 16.5. The zero-order valence-electron chi connectivity index (χ0n) is 9.80. The van der Waals surface area contributed by atoms with Gasteiger partial charge in [-0.1, -0.05) is 0 Å². The first-order valence-electron chi connectivity index (χ1n) is 5.44. The number of aliphatic carboxylic acids is 1. The Hall–Kier alpha value is -0.610. The molecule has 1 aliphatic heterocycles. The van der Waals surface area contributed by atoms with Crippen LogP contribution in [0.3, 0.4) is 0 Å². The Morgan fingerprint density at radius 3 is 2.60 bits per heavy atom. The summed E-state index contributed by atoms with van der Waals surface area (Å²) in [6.45, 7) is 7.81. The van der Waals surface area contributed by atoms with Gasteiger partial charge < -0.3 is 15.2 Å². The lowest BCUT2D eigenvalue weighted by molar-refractivity contribution is -0.149. The van der Waals surface area contributed by atoms with Crippen molar-refractivity contribution in [3.63, 3.8) is 0 Å². The monoisotopic (exact) mass is 215 g/mol. The number of carbonyl (C=O) groups is 1. The molecule has 1 heterocycles. The fraction of sp³-hybridized carbons (Fsp3) is 0.909. The third kappa shape index (κ3) is 3.47. The highest BCUT2D eigenvalue weighted by Crippen LogP contribution is 2.30. The van der Waals surface area contributed by atoms with E-state index in [0.29, 0.717) is 26.0 Å². The molecule has 0 radical (unpaired) electrons. The Labute approximate surface area is 91.0 Å². The third-order valence-electron chi connectivity index (χ3n) is 2.81. The number of carboxylic acid groups (broad SMARTS) is 1. The van der Waals surface area contributed by atoms with E-state index in [4.69, 9.17) is 4.74 Å². The van der Waals surface area contributed by atoms with Gasteiger partial charge in [-0.2, -0.15) is 0 Å². The Kier molecular flexibility index (Phi) is 3.73. The molecular formula is C11H21NO3. The van der Waals surface area contributed by atoms with Crippen LogP contribution in [0.2, 0.25) is 0 Å². The van der Waals surface area contributed by atoms with Crippen molar-refractivity contribution in [2.45, 2.75) is 39.2 Å². The molecule has 1 unspecified atom stereocenters. The molecule has 4 heteroatoms. The number of rotatable bonds is 4. The Bertz CT molecular complexity index is 226. The molecule has 88 valence electrons. The zero-order valence-corrected chi connectivity index (χ0v) is 9.80. The second-order valence-electron chi connectivity index (χ2n) is 5.22. The van der Waals surface area contributed by atoms with Gasteiger partial charge >= 0.3 is 5.97 Å². The molecule has 4 nitrogen and oxygen atoms in total. The summed E-state index contributed by atoms with van der Waals surface area (Å²) in [6.07, 6.45) is 1.29. The number of ether oxygens (including phenoxy) is 1. The Morgan fingerprint density at radius 2 is 2.20 bits per heavy atom. The largest absolute Gasteiger partial charge is 0.481 e. The van der Waals surface area contributed by atoms with E-state index < -0.39 is 11.4 Å². The Morgan fingerprint density at radius 1 is 1.53 bits per heavy atom. The number of carboxylic acids is 1. The SMILES string of the molecule is CC(C)(C)OCCC1(C(=O)O)CCNC1. The van der Waals surface area contributed by atoms with Crippen molar-refractivity contribution in [3.05, 3.63) is 0 Å². The molecule has 0 spiro atoms. The van der Waals surface area contributed by atoms with Crippen molar-refractivity contribution in [3.8, 4) is 0 Å². The van der Waals surface area contributed by atoms with Gasteiger partial charge in [0.15, 0.2) is 0 Å². The van der Waals surface area contributed by atoms with Crippen LogP contribution in [0.5, 0.6) is 0 Å². The summed E-state index contributed by atoms with van der Waals surface area (Å²) in [7, 11) is 0. The molecule has 1 aliphatic rings. The first kappa shape index (κ1) is 12.5. The number of nitrogens with one attached hydrogen (secondary N) is 1. The minimum Gasteiger partial charge on any atom is -0.481 e. The molecule has 0 aromatic rings. The van der Waals surface area contributed by atoms with Gasteiger partial charge in [0.25, 0.3) is 0 Å². The fourth-order valence-corrected chi connectivity index (χ4v) is 1.80. The lowest BCUT2D eigenvalue weighted by Crippen LogP contribution is -2.35. The second-order valence-corrected chi connectivity index (χ2v) is 5.22. The van der Waals surface area contributed by atoms with Gasteiger partial charge in [-0.05, 0) is 40.2 Å². The molecule has 1 rings (SSSR count). The summed E-state index contributed by atoms with van der Waals surface area (Å²) < 4.78 is 5.58. The van der Waals surface area contributed by atoms with E-state index in [0.717, 1.165) is 6.54 Å². The Balaban J connectivity index is 2.43. The molecule has 0 amide bonds.